The van der Waals surface area contributed by atoms with Gasteiger partial charge >= 0.3 is 0 Å². The van der Waals surface area contributed by atoms with E-state index in [0.717, 1.165) is 5.69 Å². The molecule has 0 bridgehead atoms. The maximum atomic E-state index is 13.0. The third-order valence-electron chi connectivity index (χ3n) is 5.06. The highest BCUT2D eigenvalue weighted by molar-refractivity contribution is 7.89. The summed E-state index contributed by atoms with van der Waals surface area (Å²) in [5.41, 5.74) is 1.46. The first-order valence-electron chi connectivity index (χ1n) is 9.35. The average molecular weight is 464 g/mol. The van der Waals surface area contributed by atoms with Gasteiger partial charge in [0, 0.05) is 49.8 Å². The molecule has 2 aromatic carbocycles. The van der Waals surface area contributed by atoms with Crippen LogP contribution in [0.25, 0.3) is 5.69 Å². The van der Waals surface area contributed by atoms with Gasteiger partial charge in [-0.3, -0.25) is 4.79 Å². The zero-order chi connectivity index (χ0) is 21.3. The van der Waals surface area contributed by atoms with E-state index < -0.39 is 10.0 Å². The molecule has 2 heterocycles. The third-order valence-corrected chi connectivity index (χ3v) is 7.93. The van der Waals surface area contributed by atoms with Crippen molar-refractivity contribution in [3.8, 4) is 5.69 Å². The molecule has 156 valence electrons. The number of sulfonamides is 1. The number of rotatable bonds is 4. The largest absolute Gasteiger partial charge is 0.336 e. The smallest absolute Gasteiger partial charge is 0.254 e. The number of halogens is 2. The van der Waals surface area contributed by atoms with Crippen LogP contribution in [0.1, 0.15) is 10.4 Å². The van der Waals surface area contributed by atoms with Crippen molar-refractivity contribution in [1.29, 1.82) is 0 Å². The molecule has 1 aromatic heterocycles. The minimum Gasteiger partial charge on any atom is -0.336 e. The molecular weight excluding hydrogens is 445 g/mol. The average Bonchev–Trinajstić information content (AvgIpc) is 3.30. The third kappa shape index (κ3) is 3.98. The number of hydrogen-bond acceptors (Lipinski definition) is 3. The molecule has 1 aliphatic rings. The van der Waals surface area contributed by atoms with E-state index in [-0.39, 0.29) is 33.9 Å². The van der Waals surface area contributed by atoms with Gasteiger partial charge in [-0.1, -0.05) is 35.3 Å². The highest BCUT2D eigenvalue weighted by atomic mass is 35.5. The van der Waals surface area contributed by atoms with Gasteiger partial charge in [-0.05, 0) is 42.5 Å². The second-order valence-corrected chi connectivity index (χ2v) is 9.58. The quantitative estimate of drug-likeness (QED) is 0.588. The van der Waals surface area contributed by atoms with Gasteiger partial charge in [-0.15, -0.1) is 0 Å². The molecule has 0 radical (unpaired) electrons. The number of carbonyl (C=O) groups is 1. The van der Waals surface area contributed by atoms with Crippen LogP contribution in [0.2, 0.25) is 10.0 Å². The Balaban J connectivity index is 1.48. The van der Waals surface area contributed by atoms with Gasteiger partial charge in [0.1, 0.15) is 4.90 Å². The van der Waals surface area contributed by atoms with Crippen LogP contribution < -0.4 is 0 Å². The summed E-state index contributed by atoms with van der Waals surface area (Å²) in [5.74, 6) is -0.123. The molecule has 30 heavy (non-hydrogen) atoms. The zero-order valence-electron chi connectivity index (χ0n) is 15.9. The number of amides is 1. The van der Waals surface area contributed by atoms with Gasteiger partial charge in [0.2, 0.25) is 10.0 Å². The number of nitrogens with zero attached hydrogens (tertiary/aromatic N) is 3. The Morgan fingerprint density at radius 3 is 2.23 bits per heavy atom. The molecule has 0 spiro atoms. The minimum absolute atomic E-state index is 0.0134. The van der Waals surface area contributed by atoms with E-state index in [1.807, 2.05) is 47.3 Å². The second-order valence-electron chi connectivity index (χ2n) is 6.89. The zero-order valence-corrected chi connectivity index (χ0v) is 18.2. The van der Waals surface area contributed by atoms with Crippen molar-refractivity contribution in [2.45, 2.75) is 4.90 Å². The van der Waals surface area contributed by atoms with Crippen LogP contribution >= 0.6 is 23.2 Å². The van der Waals surface area contributed by atoms with Crippen LogP contribution in [-0.4, -0.2) is 54.3 Å². The Hall–Kier alpha value is -2.32. The SMILES string of the molecule is O=C(c1cccc(-n2cccc2)c1)N1CCN(S(=O)(=O)c2cccc(Cl)c2Cl)CC1. The second kappa shape index (κ2) is 8.43. The first-order chi connectivity index (χ1) is 14.4. The number of piperazine rings is 1. The Labute approximate surface area is 185 Å². The number of aromatic nitrogens is 1. The molecule has 9 heteroatoms. The Kier molecular flexibility index (Phi) is 5.88. The number of carbonyl (C=O) groups excluding carboxylic acids is 1. The van der Waals surface area contributed by atoms with Crippen molar-refractivity contribution < 1.29 is 13.2 Å². The van der Waals surface area contributed by atoms with Crippen LogP contribution in [-0.2, 0) is 10.0 Å². The molecule has 4 rings (SSSR count). The topological polar surface area (TPSA) is 62.6 Å². The summed E-state index contributed by atoms with van der Waals surface area (Å²) in [7, 11) is -3.79. The highest BCUT2D eigenvalue weighted by Gasteiger charge is 2.32. The molecular formula is C21H19Cl2N3O3S. The van der Waals surface area contributed by atoms with E-state index in [9.17, 15) is 13.2 Å². The van der Waals surface area contributed by atoms with E-state index in [1.165, 1.54) is 10.4 Å². The van der Waals surface area contributed by atoms with E-state index >= 15 is 0 Å². The molecule has 0 saturated carbocycles. The molecule has 1 amide bonds. The molecule has 0 aliphatic carbocycles. The summed E-state index contributed by atoms with van der Waals surface area (Å²) in [6.45, 7) is 0.969. The lowest BCUT2D eigenvalue weighted by atomic mass is 10.1. The Morgan fingerprint density at radius 2 is 1.53 bits per heavy atom. The summed E-state index contributed by atoms with van der Waals surface area (Å²) in [6, 6.07) is 15.7. The fourth-order valence-electron chi connectivity index (χ4n) is 3.44. The monoisotopic (exact) mass is 463 g/mol. The maximum Gasteiger partial charge on any atom is 0.254 e. The fourth-order valence-corrected chi connectivity index (χ4v) is 5.60. The summed E-state index contributed by atoms with van der Waals surface area (Å²) >= 11 is 12.1. The lowest BCUT2D eigenvalue weighted by molar-refractivity contribution is 0.0698. The summed E-state index contributed by atoms with van der Waals surface area (Å²) < 4.78 is 29.2. The molecule has 1 fully saturated rings. The van der Waals surface area contributed by atoms with E-state index in [4.69, 9.17) is 23.2 Å². The molecule has 1 saturated heterocycles. The van der Waals surface area contributed by atoms with Gasteiger partial charge in [-0.2, -0.15) is 4.31 Å². The Bertz CT molecular complexity index is 1170. The van der Waals surface area contributed by atoms with Crippen LogP contribution in [0.5, 0.6) is 0 Å². The van der Waals surface area contributed by atoms with Crippen LogP contribution in [0.3, 0.4) is 0 Å². The molecule has 0 atom stereocenters. The summed E-state index contributed by atoms with van der Waals surface area (Å²) in [6.07, 6.45) is 3.82. The molecule has 1 aliphatic heterocycles. The van der Waals surface area contributed by atoms with Gasteiger partial charge < -0.3 is 9.47 Å². The van der Waals surface area contributed by atoms with Crippen molar-refractivity contribution in [1.82, 2.24) is 13.8 Å². The van der Waals surface area contributed by atoms with E-state index in [0.29, 0.717) is 18.7 Å². The predicted octanol–water partition coefficient (Wildman–Crippen LogP) is 3.93. The van der Waals surface area contributed by atoms with Crippen molar-refractivity contribution in [2.75, 3.05) is 26.2 Å². The molecule has 6 nitrogen and oxygen atoms in total. The lowest BCUT2D eigenvalue weighted by Crippen LogP contribution is -2.50. The molecule has 0 unspecified atom stereocenters. The van der Waals surface area contributed by atoms with Crippen molar-refractivity contribution in [2.24, 2.45) is 0 Å². The van der Waals surface area contributed by atoms with E-state index in [1.54, 1.807) is 23.1 Å². The lowest BCUT2D eigenvalue weighted by Gasteiger charge is -2.34. The van der Waals surface area contributed by atoms with Crippen LogP contribution in [0.15, 0.2) is 71.9 Å². The van der Waals surface area contributed by atoms with Crippen molar-refractivity contribution >= 4 is 39.1 Å². The number of benzene rings is 2. The predicted molar refractivity (Wildman–Crippen MR) is 117 cm³/mol. The molecule has 3 aromatic rings. The highest BCUT2D eigenvalue weighted by Crippen LogP contribution is 2.31. The minimum atomic E-state index is -3.79. The van der Waals surface area contributed by atoms with Gasteiger partial charge in [-0.25, -0.2) is 8.42 Å². The van der Waals surface area contributed by atoms with Crippen LogP contribution in [0.4, 0.5) is 0 Å². The first-order valence-corrected chi connectivity index (χ1v) is 11.5. The fraction of sp³-hybridized carbons (Fsp3) is 0.190. The van der Waals surface area contributed by atoms with E-state index in [2.05, 4.69) is 0 Å². The normalized spacial score (nSPS) is 15.3. The summed E-state index contributed by atoms with van der Waals surface area (Å²) in [4.78, 5) is 14.6. The van der Waals surface area contributed by atoms with Crippen molar-refractivity contribution in [3.63, 3.8) is 0 Å². The van der Waals surface area contributed by atoms with Gasteiger partial charge in [0.25, 0.3) is 5.91 Å². The standard InChI is InChI=1S/C21H19Cl2N3O3S/c22-18-7-4-8-19(20(18)23)30(28,29)26-13-11-25(12-14-26)21(27)16-5-3-6-17(15-16)24-9-1-2-10-24/h1-10,15H,11-14H2. The summed E-state index contributed by atoms with van der Waals surface area (Å²) in [5, 5.41) is 0.202. The van der Waals surface area contributed by atoms with Crippen molar-refractivity contribution in [3.05, 3.63) is 82.6 Å². The maximum absolute atomic E-state index is 13.0. The molecule has 0 N–H and O–H groups in total. The Morgan fingerprint density at radius 1 is 0.867 bits per heavy atom. The van der Waals surface area contributed by atoms with Gasteiger partial charge in [0.05, 0.1) is 10.0 Å². The van der Waals surface area contributed by atoms with Crippen LogP contribution in [0, 0.1) is 0 Å². The first kappa shape index (κ1) is 20.9. The van der Waals surface area contributed by atoms with Gasteiger partial charge in [0.15, 0.2) is 0 Å². The number of hydrogen-bond donors (Lipinski definition) is 0.